The highest BCUT2D eigenvalue weighted by atomic mass is 16.2. The number of anilines is 1. The maximum Gasteiger partial charge on any atom is 0.303 e. The molecule has 0 spiro atoms. The van der Waals surface area contributed by atoms with E-state index in [1.165, 1.54) is 4.90 Å². The van der Waals surface area contributed by atoms with Gasteiger partial charge in [-0.2, -0.15) is 0 Å². The second-order valence-electron chi connectivity index (χ2n) is 4.85. The Morgan fingerprint density at radius 1 is 0.857 bits per heavy atom. The summed E-state index contributed by atoms with van der Waals surface area (Å²) >= 11 is 0. The summed E-state index contributed by atoms with van der Waals surface area (Å²) in [5, 5.41) is 0. The number of ketones is 1. The van der Waals surface area contributed by atoms with Crippen molar-refractivity contribution in [1.29, 1.82) is 0 Å². The molecule has 0 N–H and O–H groups in total. The fraction of sp³-hybridized carbons (Fsp3) is 0.111. The highest BCUT2D eigenvalue weighted by Crippen LogP contribution is 2.35. The number of carbonyl (C=O) groups excluding carboxylic acids is 2. The lowest BCUT2D eigenvalue weighted by Gasteiger charge is -2.20. The van der Waals surface area contributed by atoms with E-state index in [2.05, 4.69) is 0 Å². The number of para-hydroxylation sites is 1. The third kappa shape index (κ3) is 2.17. The third-order valence-corrected chi connectivity index (χ3v) is 3.60. The van der Waals surface area contributed by atoms with E-state index in [1.54, 1.807) is 0 Å². The van der Waals surface area contributed by atoms with E-state index in [9.17, 15) is 9.59 Å². The second-order valence-corrected chi connectivity index (χ2v) is 4.85. The minimum Gasteiger partial charge on any atom is -0.283 e. The monoisotopic (exact) mass is 277 g/mol. The smallest absolute Gasteiger partial charge is 0.283 e. The average Bonchev–Trinajstić information content (AvgIpc) is 2.80. The third-order valence-electron chi connectivity index (χ3n) is 3.60. The second kappa shape index (κ2) is 5.37. The molecule has 0 saturated heterocycles. The fourth-order valence-electron chi connectivity index (χ4n) is 2.63. The molecule has 3 nitrogen and oxygen atoms in total. The zero-order valence-corrected chi connectivity index (χ0v) is 11.7. The van der Waals surface area contributed by atoms with Gasteiger partial charge in [0, 0.05) is 11.3 Å². The van der Waals surface area contributed by atoms with Gasteiger partial charge in [-0.1, -0.05) is 55.5 Å². The number of rotatable bonds is 3. The van der Waals surface area contributed by atoms with E-state index in [4.69, 9.17) is 0 Å². The molecule has 0 saturated carbocycles. The number of amides is 1. The van der Waals surface area contributed by atoms with Crippen LogP contribution in [0, 0.1) is 0 Å². The summed E-state index contributed by atoms with van der Waals surface area (Å²) in [5.74, 6) is -0.878. The first-order chi connectivity index (χ1) is 10.2. The molecule has 1 amide bonds. The topological polar surface area (TPSA) is 37.4 Å². The molecule has 2 aromatic carbocycles. The van der Waals surface area contributed by atoms with Gasteiger partial charge in [0.15, 0.2) is 0 Å². The van der Waals surface area contributed by atoms with Gasteiger partial charge in [-0.15, -0.1) is 0 Å². The number of Topliss-reactive ketones (excluding diaryl/α,β-unsaturated/α-hetero) is 1. The van der Waals surface area contributed by atoms with Gasteiger partial charge in [-0.05, 0) is 24.1 Å². The quantitative estimate of drug-likeness (QED) is 0.806. The van der Waals surface area contributed by atoms with Crippen molar-refractivity contribution < 1.29 is 9.59 Å². The highest BCUT2D eigenvalue weighted by Gasteiger charge is 2.38. The van der Waals surface area contributed by atoms with Crippen LogP contribution in [0.25, 0.3) is 5.70 Å². The summed E-state index contributed by atoms with van der Waals surface area (Å²) in [5.41, 5.74) is 2.89. The van der Waals surface area contributed by atoms with E-state index < -0.39 is 11.7 Å². The molecule has 2 aromatic rings. The summed E-state index contributed by atoms with van der Waals surface area (Å²) in [6.45, 7) is 1.90. The van der Waals surface area contributed by atoms with Crippen LogP contribution in [0.15, 0.2) is 66.2 Å². The van der Waals surface area contributed by atoms with E-state index in [0.29, 0.717) is 17.7 Å². The van der Waals surface area contributed by atoms with Crippen molar-refractivity contribution in [3.63, 3.8) is 0 Å². The Kier molecular flexibility index (Phi) is 3.40. The van der Waals surface area contributed by atoms with Crippen LogP contribution in [0.5, 0.6) is 0 Å². The van der Waals surface area contributed by atoms with Gasteiger partial charge in [0.1, 0.15) is 0 Å². The van der Waals surface area contributed by atoms with Crippen LogP contribution in [0.3, 0.4) is 0 Å². The minimum absolute atomic E-state index is 0.403. The SMILES string of the molecule is CCC1=C(c2ccccc2)N(c2ccccc2)C(=O)C1=O. The zero-order chi connectivity index (χ0) is 14.8. The lowest BCUT2D eigenvalue weighted by Crippen LogP contribution is -2.28. The number of hydrogen-bond donors (Lipinski definition) is 0. The van der Waals surface area contributed by atoms with Crippen molar-refractivity contribution in [2.45, 2.75) is 13.3 Å². The standard InChI is InChI=1S/C18H15NO2/c1-2-15-16(13-9-5-3-6-10-13)19(18(21)17(15)20)14-11-7-4-8-12-14/h3-12H,2H2,1H3. The predicted octanol–water partition coefficient (Wildman–Crippen LogP) is 3.42. The predicted molar refractivity (Wildman–Crippen MR) is 82.6 cm³/mol. The van der Waals surface area contributed by atoms with Gasteiger partial charge in [0.2, 0.25) is 5.78 Å². The zero-order valence-electron chi connectivity index (χ0n) is 11.7. The van der Waals surface area contributed by atoms with Gasteiger partial charge in [-0.25, -0.2) is 0 Å². The van der Waals surface area contributed by atoms with Crippen LogP contribution in [-0.4, -0.2) is 11.7 Å². The van der Waals surface area contributed by atoms with Crippen molar-refractivity contribution in [2.75, 3.05) is 4.90 Å². The molecule has 0 unspecified atom stereocenters. The summed E-state index contributed by atoms with van der Waals surface area (Å²) in [6.07, 6.45) is 0.540. The van der Waals surface area contributed by atoms with Crippen molar-refractivity contribution >= 4 is 23.1 Å². The van der Waals surface area contributed by atoms with E-state index in [0.717, 1.165) is 11.3 Å². The molecule has 0 radical (unpaired) electrons. The van der Waals surface area contributed by atoms with Crippen molar-refractivity contribution in [1.82, 2.24) is 0 Å². The number of nitrogens with zero attached hydrogens (tertiary/aromatic N) is 1. The molecule has 0 aromatic heterocycles. The first-order valence-electron chi connectivity index (χ1n) is 6.96. The van der Waals surface area contributed by atoms with Crippen molar-refractivity contribution in [3.05, 3.63) is 71.8 Å². The van der Waals surface area contributed by atoms with Crippen molar-refractivity contribution in [2.24, 2.45) is 0 Å². The fourth-order valence-corrected chi connectivity index (χ4v) is 2.63. The van der Waals surface area contributed by atoms with Crippen LogP contribution in [0.1, 0.15) is 18.9 Å². The van der Waals surface area contributed by atoms with Gasteiger partial charge in [-0.3, -0.25) is 14.5 Å². The summed E-state index contributed by atoms with van der Waals surface area (Å²) in [4.78, 5) is 26.2. The van der Waals surface area contributed by atoms with Crippen molar-refractivity contribution in [3.8, 4) is 0 Å². The summed E-state index contributed by atoms with van der Waals surface area (Å²) < 4.78 is 0. The van der Waals surface area contributed by atoms with Gasteiger partial charge in [0.25, 0.3) is 0 Å². The lowest BCUT2D eigenvalue weighted by molar-refractivity contribution is -0.132. The van der Waals surface area contributed by atoms with Gasteiger partial charge in [0.05, 0.1) is 5.70 Å². The average molecular weight is 277 g/mol. The first kappa shape index (κ1) is 13.3. The van der Waals surface area contributed by atoms with Crippen LogP contribution in [0.4, 0.5) is 5.69 Å². The van der Waals surface area contributed by atoms with Gasteiger partial charge >= 0.3 is 5.91 Å². The molecule has 0 bridgehead atoms. The summed E-state index contributed by atoms with van der Waals surface area (Å²) in [7, 11) is 0. The Morgan fingerprint density at radius 3 is 2.00 bits per heavy atom. The Hall–Kier alpha value is -2.68. The molecule has 21 heavy (non-hydrogen) atoms. The van der Waals surface area contributed by atoms with E-state index in [-0.39, 0.29) is 0 Å². The van der Waals surface area contributed by atoms with E-state index >= 15 is 0 Å². The molecular weight excluding hydrogens is 262 g/mol. The molecule has 0 aliphatic carbocycles. The molecule has 3 rings (SSSR count). The van der Waals surface area contributed by atoms with E-state index in [1.807, 2.05) is 67.6 Å². The van der Waals surface area contributed by atoms with Gasteiger partial charge < -0.3 is 0 Å². The van der Waals surface area contributed by atoms with Crippen LogP contribution in [-0.2, 0) is 9.59 Å². The lowest BCUT2D eigenvalue weighted by atomic mass is 10.0. The molecule has 1 aliphatic heterocycles. The molecule has 3 heteroatoms. The Morgan fingerprint density at radius 2 is 1.43 bits per heavy atom. The normalized spacial score (nSPS) is 15.0. The Bertz CT molecular complexity index is 717. The van der Waals surface area contributed by atoms with Crippen LogP contribution >= 0.6 is 0 Å². The maximum atomic E-state index is 12.4. The molecule has 1 aliphatic rings. The summed E-state index contributed by atoms with van der Waals surface area (Å²) in [6, 6.07) is 18.9. The molecule has 1 heterocycles. The molecule has 0 fully saturated rings. The minimum atomic E-state index is -0.475. The van der Waals surface area contributed by atoms with Crippen LogP contribution in [0.2, 0.25) is 0 Å². The Balaban J connectivity index is 2.21. The van der Waals surface area contributed by atoms with Crippen LogP contribution < -0.4 is 4.90 Å². The molecular formula is C18H15NO2. The molecule has 0 atom stereocenters. The number of hydrogen-bond acceptors (Lipinski definition) is 2. The molecule has 104 valence electrons. The maximum absolute atomic E-state index is 12.4. The number of benzene rings is 2. The number of carbonyl (C=O) groups is 2. The largest absolute Gasteiger partial charge is 0.303 e. The first-order valence-corrected chi connectivity index (χ1v) is 6.96. The Labute approximate surface area is 123 Å². The highest BCUT2D eigenvalue weighted by molar-refractivity contribution is 6.54.